The third-order valence-corrected chi connectivity index (χ3v) is 11.1. The second kappa shape index (κ2) is 17.4. The first-order chi connectivity index (χ1) is 18.3. The van der Waals surface area contributed by atoms with Gasteiger partial charge in [-0.15, -0.1) is 6.42 Å². The number of hydrogen-bond acceptors (Lipinski definition) is 1. The number of carbonyl (C=O) groups excluding carboxylic acids is 1. The summed E-state index contributed by atoms with van der Waals surface area (Å²) < 4.78 is 15.0. The van der Waals surface area contributed by atoms with E-state index in [2.05, 4.69) is 54.0 Å². The summed E-state index contributed by atoms with van der Waals surface area (Å²) in [4.78, 5) is 11.5. The Kier molecular flexibility index (Phi) is 16.2. The van der Waals surface area contributed by atoms with E-state index in [1.807, 2.05) is 32.1 Å². The minimum atomic E-state index is 0. The number of rotatable bonds is 6. The van der Waals surface area contributed by atoms with Gasteiger partial charge in [0.1, 0.15) is 0 Å². The minimum absolute atomic E-state index is 0. The van der Waals surface area contributed by atoms with Gasteiger partial charge < -0.3 is 4.79 Å². The van der Waals surface area contributed by atoms with Crippen molar-refractivity contribution in [2.75, 3.05) is 0 Å². The summed E-state index contributed by atoms with van der Waals surface area (Å²) in [7, 11) is 0. The van der Waals surface area contributed by atoms with E-state index in [9.17, 15) is 4.79 Å². The van der Waals surface area contributed by atoms with Crippen LogP contribution in [0.3, 0.4) is 0 Å². The number of aldehydes is 1. The van der Waals surface area contributed by atoms with Crippen molar-refractivity contribution < 1.29 is 31.2 Å². The van der Waals surface area contributed by atoms with Crippen LogP contribution >= 0.6 is 0 Å². The Morgan fingerprint density at radius 2 is 1.49 bits per heavy atom. The molecule has 8 atom stereocenters. The summed E-state index contributed by atoms with van der Waals surface area (Å²) in [5, 5.41) is 0. The first-order valence-corrected chi connectivity index (χ1v) is 14.9. The monoisotopic (exact) mass is 574 g/mol. The Morgan fingerprint density at radius 3 is 2.05 bits per heavy atom. The molecule has 5 rings (SSSR count). The molecule has 0 aromatic rings. The fraction of sp³-hybridized carbons (Fsp3) is 0.714. The van der Waals surface area contributed by atoms with E-state index >= 15 is 0 Å². The second-order valence-electron chi connectivity index (χ2n) is 13.4. The largest absolute Gasteiger partial charge is 2.00 e. The maximum atomic E-state index is 11.5. The van der Waals surface area contributed by atoms with Crippen molar-refractivity contribution in [2.24, 2.45) is 52.3 Å². The molecule has 0 N–H and O–H groups in total. The normalized spacial score (nSPS) is 36.8. The summed E-state index contributed by atoms with van der Waals surface area (Å²) >= 11 is 0. The fourth-order valence-electron chi connectivity index (χ4n) is 9.30. The van der Waals surface area contributed by atoms with Crippen molar-refractivity contribution in [2.45, 2.75) is 105 Å². The van der Waals surface area contributed by atoms with Crippen LogP contribution in [0.15, 0.2) is 5.57 Å². The molecule has 5 radical (unpaired) electrons. The molecular formula is C35H50FeO3+. The molecule has 0 bridgehead atoms. The van der Waals surface area contributed by atoms with Crippen molar-refractivity contribution in [1.29, 1.82) is 0 Å². The quantitative estimate of drug-likeness (QED) is 0.136. The van der Waals surface area contributed by atoms with Crippen molar-refractivity contribution in [3.8, 4) is 0 Å². The third-order valence-electron chi connectivity index (χ3n) is 11.1. The van der Waals surface area contributed by atoms with E-state index in [0.717, 1.165) is 66.1 Å². The van der Waals surface area contributed by atoms with Gasteiger partial charge in [-0.2, -0.15) is 5.57 Å². The van der Waals surface area contributed by atoms with E-state index in [0.29, 0.717) is 10.8 Å². The van der Waals surface area contributed by atoms with Gasteiger partial charge in [0.15, 0.2) is 0 Å². The molecule has 4 fully saturated rings. The van der Waals surface area contributed by atoms with Crippen LogP contribution in [-0.4, -0.2) is 6.29 Å². The van der Waals surface area contributed by atoms with Gasteiger partial charge in [-0.3, -0.25) is 6.08 Å². The summed E-state index contributed by atoms with van der Waals surface area (Å²) in [5.41, 5.74) is 1.90. The van der Waals surface area contributed by atoms with Crippen LogP contribution in [0.5, 0.6) is 0 Å². The number of fused-ring (bicyclic) bond motifs is 5. The SMILES string of the molecule is CC(C)CCC[C@@H](C)[C@H]1CC[C@H]2[C@@H]3CC[C@H]4C[C-]=C(C=O)C[C@]4(C)[C@H]3CC[C@]12C.[C-]#[O+].[C-]#[O+].[CH]1[CH][CH][CH][CH]1.[Fe+2]. The van der Waals surface area contributed by atoms with Crippen molar-refractivity contribution in [3.05, 3.63) is 57.1 Å². The molecule has 39 heavy (non-hydrogen) atoms. The van der Waals surface area contributed by atoms with Crippen molar-refractivity contribution in [3.63, 3.8) is 0 Å². The van der Waals surface area contributed by atoms with Crippen LogP contribution in [0.25, 0.3) is 0 Å². The molecule has 0 heterocycles. The van der Waals surface area contributed by atoms with Gasteiger partial charge in [0, 0.05) is 0 Å². The average Bonchev–Trinajstić information content (AvgIpc) is 3.62. The Hall–Kier alpha value is -0.591. The molecule has 5 aliphatic rings. The standard InChI is InChI=1S/C28H45O.C5H5.2CO.Fe/c1-19(2)7-6-8-20(3)24-13-14-25-23-12-11-22-10-9-21(18-29)17-28(22,5)26(23)15-16-27(24,25)4;1-2-4-5-3-1;2*1-2;/h18-20,22-26H,6-8,10-17H2,1-5H3;1-5H;;;/q-1;;;;+2/t20-,22-,23+,24-,25+,26+,27-,28+;;;;/m1..../s1. The molecule has 215 valence electrons. The van der Waals surface area contributed by atoms with Crippen molar-refractivity contribution in [1.82, 2.24) is 0 Å². The zero-order chi connectivity index (χ0) is 28.3. The predicted octanol–water partition coefficient (Wildman–Crippen LogP) is 8.59. The van der Waals surface area contributed by atoms with Gasteiger partial charge in [-0.05, 0) is 123 Å². The van der Waals surface area contributed by atoms with Gasteiger partial charge >= 0.3 is 39.7 Å². The van der Waals surface area contributed by atoms with Gasteiger partial charge in [0.05, 0.1) is 0 Å². The summed E-state index contributed by atoms with van der Waals surface area (Å²) in [6, 6.07) is 0. The zero-order valence-electron chi connectivity index (χ0n) is 24.9. The molecular weight excluding hydrogens is 524 g/mol. The maximum Gasteiger partial charge on any atom is 2.00 e. The first-order valence-electron chi connectivity index (χ1n) is 14.9. The molecule has 4 heteroatoms. The third kappa shape index (κ3) is 8.47. The molecule has 0 amide bonds. The van der Waals surface area contributed by atoms with Crippen molar-refractivity contribution >= 4 is 6.29 Å². The number of carbonyl (C=O) groups is 1. The Bertz CT molecular complexity index is 783. The summed E-state index contributed by atoms with van der Waals surface area (Å²) in [5.74, 6) is 6.13. The van der Waals surface area contributed by atoms with Gasteiger partial charge in [-0.25, -0.2) is 0 Å². The van der Waals surface area contributed by atoms with Gasteiger partial charge in [0.25, 0.3) is 0 Å². The molecule has 0 saturated heterocycles. The molecule has 4 saturated carbocycles. The Labute approximate surface area is 251 Å². The predicted molar refractivity (Wildman–Crippen MR) is 151 cm³/mol. The molecule has 0 spiro atoms. The zero-order valence-corrected chi connectivity index (χ0v) is 26.0. The van der Waals surface area contributed by atoms with E-state index < -0.39 is 0 Å². The Balaban J connectivity index is 0.000000663. The first kappa shape index (κ1) is 36.4. The molecule has 0 unspecified atom stereocenters. The van der Waals surface area contributed by atoms with Gasteiger partial charge in [0.2, 0.25) is 0 Å². The van der Waals surface area contributed by atoms with E-state index in [4.69, 9.17) is 9.30 Å². The number of hydrogen-bond donors (Lipinski definition) is 0. The smallest absolute Gasteiger partial charge is 0.0312 e. The fourth-order valence-corrected chi connectivity index (χ4v) is 9.30. The van der Waals surface area contributed by atoms with E-state index in [1.165, 1.54) is 57.8 Å². The van der Waals surface area contributed by atoms with Crippen LogP contribution in [0.1, 0.15) is 105 Å². The molecule has 0 aromatic carbocycles. The molecule has 0 aromatic heterocycles. The van der Waals surface area contributed by atoms with Crippen LogP contribution in [-0.2, 0) is 31.2 Å². The summed E-state index contributed by atoms with van der Waals surface area (Å²) in [6.07, 6.45) is 29.4. The van der Waals surface area contributed by atoms with Crippen LogP contribution in [0.2, 0.25) is 0 Å². The van der Waals surface area contributed by atoms with Crippen LogP contribution < -0.4 is 0 Å². The maximum absolute atomic E-state index is 11.5. The molecule has 5 aliphatic carbocycles. The van der Waals surface area contributed by atoms with E-state index in [1.54, 1.807) is 0 Å². The molecule has 0 aliphatic heterocycles. The van der Waals surface area contributed by atoms with Crippen LogP contribution in [0, 0.1) is 104 Å². The molecule has 3 nitrogen and oxygen atoms in total. The topological polar surface area (TPSA) is 56.9 Å². The Morgan fingerprint density at radius 1 is 0.897 bits per heavy atom. The van der Waals surface area contributed by atoms with Gasteiger partial charge in [-0.1, -0.05) is 66.7 Å². The average molecular weight is 575 g/mol. The van der Waals surface area contributed by atoms with E-state index in [-0.39, 0.29) is 17.1 Å². The number of allylic oxidation sites excluding steroid dienone is 2. The van der Waals surface area contributed by atoms with Crippen LogP contribution in [0.4, 0.5) is 0 Å². The summed E-state index contributed by atoms with van der Waals surface area (Å²) in [6.45, 7) is 21.5. The minimum Gasteiger partial charge on any atom is -0.0312 e. The second-order valence-corrected chi connectivity index (χ2v) is 13.4.